The average Bonchev–Trinajstić information content (AvgIpc) is 2.41. The Morgan fingerprint density at radius 2 is 1.90 bits per heavy atom. The van der Waals surface area contributed by atoms with Gasteiger partial charge in [-0.3, -0.25) is 0 Å². The molecule has 0 aliphatic heterocycles. The van der Waals surface area contributed by atoms with Gasteiger partial charge in [0.2, 0.25) is 10.0 Å². The van der Waals surface area contributed by atoms with Crippen LogP contribution >= 0.6 is 0 Å². The molecule has 0 fully saturated rings. The summed E-state index contributed by atoms with van der Waals surface area (Å²) in [6.07, 6.45) is 0. The normalized spacial score (nSPS) is 11.8. The number of phenolic OH excluding ortho intramolecular Hbond substituents is 1. The van der Waals surface area contributed by atoms with E-state index in [0.29, 0.717) is 5.56 Å². The number of benzene rings is 2. The zero-order chi connectivity index (χ0) is 15.6. The monoisotopic (exact) mass is 310 g/mol. The standard InChI is InChI=1S/C14H15FN2O3S/c1-17(9-10-4-2-5-11(18)8-10)21(19,20)13-7-3-6-12(15)14(13)16/h2-8,18H,9,16H2,1H3. The topological polar surface area (TPSA) is 83.6 Å². The first-order chi connectivity index (χ1) is 9.82. The molecule has 0 heterocycles. The van der Waals surface area contributed by atoms with Crippen LogP contribution in [-0.2, 0) is 16.6 Å². The van der Waals surface area contributed by atoms with Gasteiger partial charge in [0.05, 0.1) is 5.69 Å². The van der Waals surface area contributed by atoms with E-state index in [4.69, 9.17) is 5.73 Å². The molecule has 2 aromatic carbocycles. The van der Waals surface area contributed by atoms with Crippen molar-refractivity contribution in [1.29, 1.82) is 0 Å². The van der Waals surface area contributed by atoms with Crippen molar-refractivity contribution in [3.05, 3.63) is 53.8 Å². The molecule has 7 heteroatoms. The Morgan fingerprint density at radius 1 is 1.24 bits per heavy atom. The summed E-state index contributed by atoms with van der Waals surface area (Å²) in [4.78, 5) is -0.273. The Labute approximate surface area is 122 Å². The Hall–Kier alpha value is -2.12. The maximum absolute atomic E-state index is 13.4. The maximum Gasteiger partial charge on any atom is 0.245 e. The van der Waals surface area contributed by atoms with Crippen molar-refractivity contribution in [3.63, 3.8) is 0 Å². The summed E-state index contributed by atoms with van der Waals surface area (Å²) in [6.45, 7) is 0.0344. The summed E-state index contributed by atoms with van der Waals surface area (Å²) in [5.41, 5.74) is 5.71. The van der Waals surface area contributed by atoms with Crippen LogP contribution in [0.5, 0.6) is 5.75 Å². The fourth-order valence-corrected chi connectivity index (χ4v) is 3.19. The quantitative estimate of drug-likeness (QED) is 0.845. The zero-order valence-corrected chi connectivity index (χ0v) is 12.1. The minimum atomic E-state index is -3.92. The molecule has 112 valence electrons. The summed E-state index contributed by atoms with van der Waals surface area (Å²) in [7, 11) is -2.55. The fraction of sp³-hybridized carbons (Fsp3) is 0.143. The maximum atomic E-state index is 13.4. The zero-order valence-electron chi connectivity index (χ0n) is 11.3. The van der Waals surface area contributed by atoms with Gasteiger partial charge in [-0.15, -0.1) is 0 Å². The summed E-state index contributed by atoms with van der Waals surface area (Å²) >= 11 is 0. The van der Waals surface area contributed by atoms with Crippen LogP contribution in [-0.4, -0.2) is 24.9 Å². The van der Waals surface area contributed by atoms with Gasteiger partial charge in [0.15, 0.2) is 0 Å². The van der Waals surface area contributed by atoms with Gasteiger partial charge in [0, 0.05) is 13.6 Å². The van der Waals surface area contributed by atoms with E-state index in [1.807, 2.05) is 0 Å². The lowest BCUT2D eigenvalue weighted by Crippen LogP contribution is -2.27. The van der Waals surface area contributed by atoms with E-state index in [2.05, 4.69) is 0 Å². The molecular weight excluding hydrogens is 295 g/mol. The molecule has 0 amide bonds. The van der Waals surface area contributed by atoms with Crippen LogP contribution in [0.1, 0.15) is 5.56 Å². The van der Waals surface area contributed by atoms with E-state index >= 15 is 0 Å². The summed E-state index contributed by atoms with van der Waals surface area (Å²) in [6, 6.07) is 9.89. The van der Waals surface area contributed by atoms with E-state index in [-0.39, 0.29) is 17.2 Å². The Balaban J connectivity index is 2.33. The van der Waals surface area contributed by atoms with E-state index < -0.39 is 21.5 Å². The molecule has 0 radical (unpaired) electrons. The van der Waals surface area contributed by atoms with E-state index in [1.54, 1.807) is 12.1 Å². The highest BCUT2D eigenvalue weighted by molar-refractivity contribution is 7.89. The molecule has 0 aromatic heterocycles. The number of phenols is 1. The molecule has 3 N–H and O–H groups in total. The number of anilines is 1. The van der Waals surface area contributed by atoms with Crippen molar-refractivity contribution in [2.24, 2.45) is 0 Å². The third-order valence-corrected chi connectivity index (χ3v) is 4.88. The molecule has 0 saturated heterocycles. The van der Waals surface area contributed by atoms with Gasteiger partial charge in [0.1, 0.15) is 16.5 Å². The molecule has 2 rings (SSSR count). The first-order valence-corrected chi connectivity index (χ1v) is 7.54. The second kappa shape index (κ2) is 5.71. The minimum absolute atomic E-state index is 0.0344. The average molecular weight is 310 g/mol. The molecule has 21 heavy (non-hydrogen) atoms. The number of hydrogen-bond donors (Lipinski definition) is 2. The summed E-state index contributed by atoms with van der Waals surface area (Å²) in [5, 5.41) is 9.39. The van der Waals surface area contributed by atoms with Crippen LogP contribution in [0.25, 0.3) is 0 Å². The van der Waals surface area contributed by atoms with Gasteiger partial charge in [-0.25, -0.2) is 12.8 Å². The first kappa shape index (κ1) is 15.3. The van der Waals surface area contributed by atoms with Crippen LogP contribution in [0.3, 0.4) is 0 Å². The second-order valence-electron chi connectivity index (χ2n) is 4.58. The van der Waals surface area contributed by atoms with Gasteiger partial charge < -0.3 is 10.8 Å². The summed E-state index contributed by atoms with van der Waals surface area (Å²) < 4.78 is 39.3. The van der Waals surface area contributed by atoms with Crippen LogP contribution in [0.4, 0.5) is 10.1 Å². The molecule has 0 aliphatic carbocycles. The number of para-hydroxylation sites is 1. The molecule has 5 nitrogen and oxygen atoms in total. The number of aromatic hydroxyl groups is 1. The Morgan fingerprint density at radius 3 is 2.57 bits per heavy atom. The smallest absolute Gasteiger partial charge is 0.245 e. The number of rotatable bonds is 4. The predicted molar refractivity (Wildman–Crippen MR) is 77.6 cm³/mol. The Bertz CT molecular complexity index is 763. The number of nitrogen functional groups attached to an aromatic ring is 1. The highest BCUT2D eigenvalue weighted by atomic mass is 32.2. The lowest BCUT2D eigenvalue weighted by molar-refractivity contribution is 0.458. The second-order valence-corrected chi connectivity index (χ2v) is 6.60. The molecule has 0 spiro atoms. The van der Waals surface area contributed by atoms with Crippen molar-refractivity contribution in [1.82, 2.24) is 4.31 Å². The van der Waals surface area contributed by atoms with Gasteiger partial charge in [0.25, 0.3) is 0 Å². The van der Waals surface area contributed by atoms with Crippen molar-refractivity contribution in [2.45, 2.75) is 11.4 Å². The number of nitrogens with zero attached hydrogens (tertiary/aromatic N) is 1. The fourth-order valence-electron chi connectivity index (χ4n) is 1.91. The largest absolute Gasteiger partial charge is 0.508 e. The van der Waals surface area contributed by atoms with Crippen LogP contribution in [0, 0.1) is 5.82 Å². The summed E-state index contributed by atoms with van der Waals surface area (Å²) in [5.74, 6) is -0.731. The van der Waals surface area contributed by atoms with E-state index in [1.165, 1.54) is 31.3 Å². The highest BCUT2D eigenvalue weighted by Crippen LogP contribution is 2.25. The molecule has 0 aliphatic rings. The van der Waals surface area contributed by atoms with Gasteiger partial charge in [-0.05, 0) is 29.8 Å². The highest BCUT2D eigenvalue weighted by Gasteiger charge is 2.24. The lowest BCUT2D eigenvalue weighted by Gasteiger charge is -2.18. The van der Waals surface area contributed by atoms with Gasteiger partial charge in [-0.2, -0.15) is 4.31 Å². The number of nitrogens with two attached hydrogens (primary N) is 1. The van der Waals surface area contributed by atoms with Crippen LogP contribution in [0.15, 0.2) is 47.4 Å². The predicted octanol–water partition coefficient (Wildman–Crippen LogP) is 1.93. The SMILES string of the molecule is CN(Cc1cccc(O)c1)S(=O)(=O)c1cccc(F)c1N. The van der Waals surface area contributed by atoms with Crippen molar-refractivity contribution < 1.29 is 17.9 Å². The molecule has 0 saturated carbocycles. The third kappa shape index (κ3) is 3.14. The third-order valence-electron chi connectivity index (χ3n) is 3.02. The minimum Gasteiger partial charge on any atom is -0.508 e. The van der Waals surface area contributed by atoms with E-state index in [0.717, 1.165) is 10.4 Å². The van der Waals surface area contributed by atoms with Crippen LogP contribution < -0.4 is 5.73 Å². The van der Waals surface area contributed by atoms with Gasteiger partial charge in [-0.1, -0.05) is 18.2 Å². The lowest BCUT2D eigenvalue weighted by atomic mass is 10.2. The molecule has 0 bridgehead atoms. The molecular formula is C14H15FN2O3S. The number of hydrogen-bond acceptors (Lipinski definition) is 4. The van der Waals surface area contributed by atoms with Crippen molar-refractivity contribution in [3.8, 4) is 5.75 Å². The van der Waals surface area contributed by atoms with Crippen molar-refractivity contribution >= 4 is 15.7 Å². The van der Waals surface area contributed by atoms with Gasteiger partial charge >= 0.3 is 0 Å². The molecule has 0 unspecified atom stereocenters. The van der Waals surface area contributed by atoms with E-state index in [9.17, 15) is 17.9 Å². The Kier molecular flexibility index (Phi) is 4.15. The molecule has 2 aromatic rings. The first-order valence-electron chi connectivity index (χ1n) is 6.10. The number of sulfonamides is 1. The van der Waals surface area contributed by atoms with Crippen molar-refractivity contribution in [2.75, 3.05) is 12.8 Å². The molecule has 0 atom stereocenters. The van der Waals surface area contributed by atoms with Crippen LogP contribution in [0.2, 0.25) is 0 Å². The number of halogens is 1.